The van der Waals surface area contributed by atoms with Crippen molar-refractivity contribution in [1.29, 1.82) is 0 Å². The van der Waals surface area contributed by atoms with Crippen LogP contribution in [-0.2, 0) is 10.8 Å². The maximum Gasteiger partial charge on any atom is 0.0713 e. The summed E-state index contributed by atoms with van der Waals surface area (Å²) in [5, 5.41) is 2.55. The average molecular weight is 843 g/mol. The highest BCUT2D eigenvalue weighted by atomic mass is 15.1. The molecule has 0 N–H and O–H groups in total. The molecule has 312 valence electrons. The Labute approximate surface area is 386 Å². The number of fused-ring (bicyclic) bond motifs is 9. The number of para-hydroxylation sites is 2. The lowest BCUT2D eigenvalue weighted by atomic mass is 9.68. The minimum Gasteiger partial charge on any atom is -0.310 e. The molecule has 1 aromatic heterocycles. The van der Waals surface area contributed by atoms with E-state index in [-0.39, 0.29) is 5.41 Å². The third-order valence-electron chi connectivity index (χ3n) is 14.7. The Balaban J connectivity index is 0.978. The lowest BCUT2D eigenvalue weighted by molar-refractivity contribution is 0.660. The highest BCUT2D eigenvalue weighted by Gasteiger charge is 2.46. The third-order valence-corrected chi connectivity index (χ3v) is 14.7. The van der Waals surface area contributed by atoms with E-state index in [1.165, 1.54) is 94.3 Å². The van der Waals surface area contributed by atoms with Crippen LogP contribution in [0.3, 0.4) is 0 Å². The molecule has 10 aromatic carbocycles. The molecule has 2 aliphatic rings. The monoisotopic (exact) mass is 842 g/mol. The number of benzene rings is 10. The van der Waals surface area contributed by atoms with Crippen LogP contribution in [0.15, 0.2) is 243 Å². The lowest BCUT2D eigenvalue weighted by Gasteiger charge is -2.34. The predicted molar refractivity (Wildman–Crippen MR) is 276 cm³/mol. The maximum absolute atomic E-state index is 2.46. The van der Waals surface area contributed by atoms with Gasteiger partial charge in [-0.25, -0.2) is 0 Å². The zero-order valence-electron chi connectivity index (χ0n) is 37.0. The van der Waals surface area contributed by atoms with Gasteiger partial charge in [0.1, 0.15) is 0 Å². The molecule has 2 nitrogen and oxygen atoms in total. The molecule has 0 fully saturated rings. The molecule has 1 heterocycles. The Hall–Kier alpha value is -8.20. The molecule has 0 atom stereocenters. The normalized spacial score (nSPS) is 13.8. The van der Waals surface area contributed by atoms with Crippen LogP contribution in [0, 0.1) is 0 Å². The molecule has 2 heteroatoms. The summed E-state index contributed by atoms with van der Waals surface area (Å²) in [6.45, 7) is 4.80. The van der Waals surface area contributed by atoms with Crippen molar-refractivity contribution < 1.29 is 0 Å². The van der Waals surface area contributed by atoms with E-state index in [9.17, 15) is 0 Å². The lowest BCUT2D eigenvalue weighted by Crippen LogP contribution is -2.28. The van der Waals surface area contributed by atoms with Gasteiger partial charge in [-0.15, -0.1) is 0 Å². The summed E-state index contributed by atoms with van der Waals surface area (Å²) in [6, 6.07) is 89.9. The molecule has 0 bridgehead atoms. The Morgan fingerprint density at radius 3 is 1.47 bits per heavy atom. The molecule has 66 heavy (non-hydrogen) atoms. The molecule has 0 amide bonds. The van der Waals surface area contributed by atoms with Crippen molar-refractivity contribution in [2.24, 2.45) is 0 Å². The molecular weight excluding hydrogens is 797 g/mol. The second-order valence-electron chi connectivity index (χ2n) is 18.5. The van der Waals surface area contributed by atoms with Crippen LogP contribution >= 0.6 is 0 Å². The Morgan fingerprint density at radius 2 is 0.803 bits per heavy atom. The van der Waals surface area contributed by atoms with Gasteiger partial charge in [0.2, 0.25) is 0 Å². The van der Waals surface area contributed by atoms with Crippen molar-refractivity contribution in [3.63, 3.8) is 0 Å². The number of hydrogen-bond acceptors (Lipinski definition) is 1. The first kappa shape index (κ1) is 38.3. The zero-order valence-corrected chi connectivity index (χ0v) is 37.0. The number of rotatable bonds is 7. The molecule has 0 aliphatic heterocycles. The van der Waals surface area contributed by atoms with Crippen molar-refractivity contribution >= 4 is 38.9 Å². The first-order valence-corrected chi connectivity index (χ1v) is 23.1. The van der Waals surface area contributed by atoms with Gasteiger partial charge >= 0.3 is 0 Å². The van der Waals surface area contributed by atoms with Gasteiger partial charge in [-0.2, -0.15) is 0 Å². The van der Waals surface area contributed by atoms with E-state index < -0.39 is 5.41 Å². The number of anilines is 3. The van der Waals surface area contributed by atoms with E-state index in [0.29, 0.717) is 0 Å². The summed E-state index contributed by atoms with van der Waals surface area (Å²) in [5.74, 6) is 0. The fraction of sp³-hybridized carbons (Fsp3) is 0.0625. The molecule has 0 unspecified atom stereocenters. The van der Waals surface area contributed by atoms with Gasteiger partial charge in [0, 0.05) is 38.9 Å². The molecule has 11 aromatic rings. The van der Waals surface area contributed by atoms with Gasteiger partial charge in [0.25, 0.3) is 0 Å². The van der Waals surface area contributed by atoms with Crippen LogP contribution in [0.25, 0.3) is 60.9 Å². The van der Waals surface area contributed by atoms with E-state index in [0.717, 1.165) is 17.1 Å². The van der Waals surface area contributed by atoms with E-state index >= 15 is 0 Å². The van der Waals surface area contributed by atoms with Gasteiger partial charge < -0.3 is 9.47 Å². The molecule has 0 saturated heterocycles. The van der Waals surface area contributed by atoms with Gasteiger partial charge in [-0.05, 0) is 127 Å². The molecule has 0 spiro atoms. The standard InChI is InChI=1S/C64H46N2/c1-63(2)59-41-49(34-37-52(59)53-38-35-50(42-60(53)63)66-61-28-16-13-25-54(61)55-26-14-17-29-62(55)66)65(47-32-30-44(31-33-47)43-18-6-3-7-19-43)48-36-39-58-56(40-48)51-24-12-15-27-57(51)64(58,45-20-8-4-9-21-45)46-22-10-5-11-23-46/h3-42H,1-2H3. The first-order chi connectivity index (χ1) is 32.5. The number of nitrogens with zero attached hydrogens (tertiary/aromatic N) is 2. The van der Waals surface area contributed by atoms with Crippen LogP contribution in [0.2, 0.25) is 0 Å². The summed E-state index contributed by atoms with van der Waals surface area (Å²) < 4.78 is 2.44. The van der Waals surface area contributed by atoms with Crippen molar-refractivity contribution in [2.75, 3.05) is 4.90 Å². The van der Waals surface area contributed by atoms with Crippen LogP contribution in [-0.4, -0.2) is 4.57 Å². The second kappa shape index (κ2) is 14.7. The van der Waals surface area contributed by atoms with Crippen LogP contribution in [0.5, 0.6) is 0 Å². The Morgan fingerprint density at radius 1 is 0.333 bits per heavy atom. The largest absolute Gasteiger partial charge is 0.310 e. The molecule has 13 rings (SSSR count). The summed E-state index contributed by atoms with van der Waals surface area (Å²) in [5.41, 5.74) is 21.7. The fourth-order valence-corrected chi connectivity index (χ4v) is 11.6. The molecule has 0 radical (unpaired) electrons. The smallest absolute Gasteiger partial charge is 0.0713 e. The predicted octanol–water partition coefficient (Wildman–Crippen LogP) is 16.6. The molecular formula is C64H46N2. The zero-order chi connectivity index (χ0) is 44.0. The first-order valence-electron chi connectivity index (χ1n) is 23.1. The van der Waals surface area contributed by atoms with Crippen LogP contribution in [0.1, 0.15) is 47.2 Å². The quantitative estimate of drug-likeness (QED) is 0.155. The fourth-order valence-electron chi connectivity index (χ4n) is 11.6. The van der Waals surface area contributed by atoms with Gasteiger partial charge in [-0.1, -0.05) is 196 Å². The highest BCUT2D eigenvalue weighted by Crippen LogP contribution is 2.58. The third kappa shape index (κ3) is 5.55. The van der Waals surface area contributed by atoms with E-state index in [1.807, 2.05) is 0 Å². The van der Waals surface area contributed by atoms with Gasteiger partial charge in [-0.3, -0.25) is 0 Å². The van der Waals surface area contributed by atoms with Crippen molar-refractivity contribution in [3.05, 3.63) is 276 Å². The highest BCUT2D eigenvalue weighted by molar-refractivity contribution is 6.09. The van der Waals surface area contributed by atoms with Crippen molar-refractivity contribution in [3.8, 4) is 39.1 Å². The van der Waals surface area contributed by atoms with Crippen molar-refractivity contribution in [2.45, 2.75) is 24.7 Å². The summed E-state index contributed by atoms with van der Waals surface area (Å²) in [6.07, 6.45) is 0. The SMILES string of the molecule is CC1(C)c2cc(N(c3ccc(-c4ccccc4)cc3)c3ccc4c(c3)-c3ccccc3C4(c3ccccc3)c3ccccc3)ccc2-c2ccc(-n3c4ccccc4c4ccccc43)cc21. The van der Waals surface area contributed by atoms with E-state index in [1.54, 1.807) is 0 Å². The maximum atomic E-state index is 2.46. The Kier molecular flexibility index (Phi) is 8.51. The second-order valence-corrected chi connectivity index (χ2v) is 18.5. The summed E-state index contributed by atoms with van der Waals surface area (Å²) in [7, 11) is 0. The number of hydrogen-bond donors (Lipinski definition) is 0. The van der Waals surface area contributed by atoms with Gasteiger partial charge in [0.15, 0.2) is 0 Å². The molecule has 2 aliphatic carbocycles. The topological polar surface area (TPSA) is 8.17 Å². The Bertz CT molecular complexity index is 3560. The number of aromatic nitrogens is 1. The molecule has 0 saturated carbocycles. The minimum absolute atomic E-state index is 0.250. The summed E-state index contributed by atoms with van der Waals surface area (Å²) >= 11 is 0. The van der Waals surface area contributed by atoms with Crippen LogP contribution < -0.4 is 4.90 Å². The van der Waals surface area contributed by atoms with Gasteiger partial charge in [0.05, 0.1) is 16.4 Å². The minimum atomic E-state index is -0.462. The van der Waals surface area contributed by atoms with E-state index in [4.69, 9.17) is 0 Å². The summed E-state index contributed by atoms with van der Waals surface area (Å²) in [4.78, 5) is 2.46. The van der Waals surface area contributed by atoms with Crippen LogP contribution in [0.4, 0.5) is 17.1 Å². The van der Waals surface area contributed by atoms with E-state index in [2.05, 4.69) is 266 Å². The van der Waals surface area contributed by atoms with Crippen molar-refractivity contribution in [1.82, 2.24) is 4.57 Å². The average Bonchev–Trinajstić information content (AvgIpc) is 3.96.